The number of hydrogen-bond acceptors (Lipinski definition) is 7. The van der Waals surface area contributed by atoms with Gasteiger partial charge >= 0.3 is 6.09 Å². The summed E-state index contributed by atoms with van der Waals surface area (Å²) in [6.07, 6.45) is 0.273. The van der Waals surface area contributed by atoms with E-state index in [-0.39, 0.29) is 37.6 Å². The largest absolute Gasteiger partial charge is 0.445 e. The molecule has 10 heteroatoms. The first kappa shape index (κ1) is 31.5. The molecule has 0 radical (unpaired) electrons. The number of carbonyl (C=O) groups excluding carboxylic acids is 4. The molecule has 0 spiro atoms. The second-order valence-electron chi connectivity index (χ2n) is 9.07. The molecule has 2 aromatic carbocycles. The van der Waals surface area contributed by atoms with E-state index in [4.69, 9.17) is 19.9 Å². The zero-order valence-electron chi connectivity index (χ0n) is 22.5. The van der Waals surface area contributed by atoms with Crippen LogP contribution in [-0.2, 0) is 41.6 Å². The van der Waals surface area contributed by atoms with Gasteiger partial charge in [0.25, 0.3) is 0 Å². The topological polar surface area (TPSA) is 146 Å². The zero-order chi connectivity index (χ0) is 28.3. The summed E-state index contributed by atoms with van der Waals surface area (Å²) in [6.45, 7) is 3.89. The lowest BCUT2D eigenvalue weighted by atomic mass is 10.0. The molecular weight excluding hydrogens is 502 g/mol. The summed E-state index contributed by atoms with van der Waals surface area (Å²) in [6, 6.07) is 16.1. The molecule has 0 fully saturated rings. The van der Waals surface area contributed by atoms with Crippen LogP contribution in [0.2, 0.25) is 0 Å². The number of nitrogens with one attached hydrogen (secondary N) is 2. The molecule has 0 saturated heterocycles. The lowest BCUT2D eigenvalue weighted by Gasteiger charge is -2.17. The van der Waals surface area contributed by atoms with Gasteiger partial charge in [-0.15, -0.1) is 0 Å². The Bertz CT molecular complexity index is 1030. The molecule has 0 bridgehead atoms. The van der Waals surface area contributed by atoms with Crippen molar-refractivity contribution in [2.45, 2.75) is 51.7 Å². The van der Waals surface area contributed by atoms with Gasteiger partial charge in [-0.25, -0.2) is 4.79 Å². The highest BCUT2D eigenvalue weighted by atomic mass is 16.5. The van der Waals surface area contributed by atoms with Crippen molar-refractivity contribution in [3.05, 3.63) is 71.3 Å². The molecule has 10 nitrogen and oxygen atoms in total. The number of primary amides is 1. The molecule has 1 atom stereocenters. The normalized spacial score (nSPS) is 11.4. The molecule has 3 amide bonds. The quantitative estimate of drug-likeness (QED) is 0.232. The zero-order valence-corrected chi connectivity index (χ0v) is 22.5. The van der Waals surface area contributed by atoms with Crippen molar-refractivity contribution in [1.29, 1.82) is 0 Å². The summed E-state index contributed by atoms with van der Waals surface area (Å²) in [5.74, 6) is -0.841. The van der Waals surface area contributed by atoms with E-state index in [1.807, 2.05) is 61.5 Å². The smallest absolute Gasteiger partial charge is 0.408 e. The Morgan fingerprint density at radius 1 is 0.846 bits per heavy atom. The summed E-state index contributed by atoms with van der Waals surface area (Å²) in [7, 11) is 0. The van der Waals surface area contributed by atoms with E-state index in [1.165, 1.54) is 0 Å². The Balaban J connectivity index is 1.54. The first-order valence-corrected chi connectivity index (χ1v) is 13.1. The van der Waals surface area contributed by atoms with Crippen LogP contribution in [0.5, 0.6) is 0 Å². The van der Waals surface area contributed by atoms with Gasteiger partial charge in [-0.3, -0.25) is 14.4 Å². The predicted molar refractivity (Wildman–Crippen MR) is 146 cm³/mol. The average Bonchev–Trinajstić information content (AvgIpc) is 2.92. The second-order valence-corrected chi connectivity index (χ2v) is 9.07. The second kappa shape index (κ2) is 18.5. The van der Waals surface area contributed by atoms with Gasteiger partial charge in [-0.05, 0) is 30.9 Å². The number of rotatable bonds is 19. The predicted octanol–water partition coefficient (Wildman–Crippen LogP) is 2.60. The minimum Gasteiger partial charge on any atom is -0.445 e. The fourth-order valence-electron chi connectivity index (χ4n) is 3.57. The average molecular weight is 542 g/mol. The van der Waals surface area contributed by atoms with Gasteiger partial charge in [0.15, 0.2) is 5.78 Å². The van der Waals surface area contributed by atoms with Gasteiger partial charge in [0, 0.05) is 26.0 Å². The number of ether oxygens (including phenoxy) is 3. The monoisotopic (exact) mass is 541 g/mol. The molecule has 0 aliphatic carbocycles. The number of alkyl carbamates (subject to hydrolysis) is 1. The van der Waals surface area contributed by atoms with Crippen LogP contribution in [0.4, 0.5) is 4.79 Å². The maximum atomic E-state index is 12.6. The first-order chi connectivity index (χ1) is 18.8. The fraction of sp³-hybridized carbons (Fsp3) is 0.448. The van der Waals surface area contributed by atoms with Crippen molar-refractivity contribution in [3.63, 3.8) is 0 Å². The van der Waals surface area contributed by atoms with E-state index in [1.54, 1.807) is 0 Å². The Labute approximate surface area is 229 Å². The van der Waals surface area contributed by atoms with E-state index in [9.17, 15) is 19.2 Å². The number of ketones is 1. The summed E-state index contributed by atoms with van der Waals surface area (Å²) in [5, 5.41) is 5.35. The van der Waals surface area contributed by atoms with Gasteiger partial charge in [-0.2, -0.15) is 0 Å². The van der Waals surface area contributed by atoms with Crippen molar-refractivity contribution in [1.82, 2.24) is 10.6 Å². The fourth-order valence-corrected chi connectivity index (χ4v) is 3.57. The molecule has 0 aromatic heterocycles. The third-order valence-corrected chi connectivity index (χ3v) is 5.71. The number of hydrogen-bond donors (Lipinski definition) is 3. The van der Waals surface area contributed by atoms with Gasteiger partial charge in [0.05, 0.1) is 32.3 Å². The van der Waals surface area contributed by atoms with E-state index in [0.29, 0.717) is 45.8 Å². The number of amides is 3. The molecule has 0 heterocycles. The molecule has 0 saturated carbocycles. The van der Waals surface area contributed by atoms with Crippen LogP contribution in [0.3, 0.4) is 0 Å². The summed E-state index contributed by atoms with van der Waals surface area (Å²) in [5.41, 5.74) is 8.14. The summed E-state index contributed by atoms with van der Waals surface area (Å²) < 4.78 is 16.1. The first-order valence-electron chi connectivity index (χ1n) is 13.1. The third-order valence-electron chi connectivity index (χ3n) is 5.71. The maximum Gasteiger partial charge on any atom is 0.408 e. The molecule has 39 heavy (non-hydrogen) atoms. The maximum absolute atomic E-state index is 12.6. The molecule has 2 aromatic rings. The molecule has 0 aliphatic rings. The molecule has 212 valence electrons. The van der Waals surface area contributed by atoms with Crippen molar-refractivity contribution in [3.8, 4) is 0 Å². The van der Waals surface area contributed by atoms with Gasteiger partial charge < -0.3 is 30.6 Å². The number of Topliss-reactive ketones (excluding diaryl/α,β-unsaturated/α-hetero) is 1. The van der Waals surface area contributed by atoms with Gasteiger partial charge in [0.2, 0.25) is 11.8 Å². The van der Waals surface area contributed by atoms with Crippen molar-refractivity contribution in [2.75, 3.05) is 33.0 Å². The number of aryl methyl sites for hydroxylation is 1. The van der Waals surface area contributed by atoms with E-state index in [0.717, 1.165) is 16.7 Å². The van der Waals surface area contributed by atoms with Crippen LogP contribution in [0.1, 0.15) is 42.4 Å². The van der Waals surface area contributed by atoms with Crippen molar-refractivity contribution >= 4 is 23.7 Å². The van der Waals surface area contributed by atoms with Gasteiger partial charge in [-0.1, -0.05) is 60.2 Å². The highest BCUT2D eigenvalue weighted by Gasteiger charge is 2.21. The van der Waals surface area contributed by atoms with Crippen molar-refractivity contribution < 1.29 is 33.4 Å². The molecule has 0 aliphatic heterocycles. The molecular formula is C29H39N3O7. The van der Waals surface area contributed by atoms with Crippen molar-refractivity contribution in [2.24, 2.45) is 5.73 Å². The minimum absolute atomic E-state index is 0.0321. The van der Waals surface area contributed by atoms with Crippen LogP contribution in [-0.4, -0.2) is 62.7 Å². The Morgan fingerprint density at radius 2 is 1.54 bits per heavy atom. The highest BCUT2D eigenvalue weighted by Crippen LogP contribution is 2.07. The summed E-state index contributed by atoms with van der Waals surface area (Å²) in [4.78, 5) is 47.9. The Morgan fingerprint density at radius 3 is 2.23 bits per heavy atom. The standard InChI is InChI=1S/C29H39N3O7/c1-22-9-11-23(12-10-22)20-28(35)31-15-17-38-19-18-37-16-5-8-26(33)25(13-14-27(30)34)32-29(36)39-21-24-6-3-2-4-7-24/h2-4,6-7,9-12,25H,5,8,13-21H2,1H3,(H2,30,34)(H,31,35)(H,32,36). The number of carbonyl (C=O) groups is 4. The van der Waals surface area contributed by atoms with Crippen LogP contribution in [0, 0.1) is 6.92 Å². The van der Waals surface area contributed by atoms with Gasteiger partial charge in [0.1, 0.15) is 6.61 Å². The molecule has 2 rings (SSSR count). The third kappa shape index (κ3) is 14.7. The van der Waals surface area contributed by atoms with E-state index in [2.05, 4.69) is 10.6 Å². The highest BCUT2D eigenvalue weighted by molar-refractivity contribution is 5.88. The van der Waals surface area contributed by atoms with Crippen LogP contribution < -0.4 is 16.4 Å². The van der Waals surface area contributed by atoms with Crippen LogP contribution in [0.15, 0.2) is 54.6 Å². The Hall–Kier alpha value is -3.76. The molecule has 4 N–H and O–H groups in total. The summed E-state index contributed by atoms with van der Waals surface area (Å²) >= 11 is 0. The van der Waals surface area contributed by atoms with E-state index >= 15 is 0 Å². The minimum atomic E-state index is -0.870. The number of benzene rings is 2. The van der Waals surface area contributed by atoms with Crippen LogP contribution in [0.25, 0.3) is 0 Å². The molecule has 1 unspecified atom stereocenters. The lowest BCUT2D eigenvalue weighted by molar-refractivity contribution is -0.122. The SMILES string of the molecule is Cc1ccc(CC(=O)NCCOCCOCCCC(=O)C(CCC(N)=O)NC(=O)OCc2ccccc2)cc1. The van der Waals surface area contributed by atoms with Crippen LogP contribution >= 0.6 is 0 Å². The number of nitrogens with two attached hydrogens (primary N) is 1. The van der Waals surface area contributed by atoms with E-state index < -0.39 is 18.0 Å². The lowest BCUT2D eigenvalue weighted by Crippen LogP contribution is -2.41. The Kier molecular flexibility index (Phi) is 14.9.